The topological polar surface area (TPSA) is 325 Å². The van der Waals surface area contributed by atoms with Crippen LogP contribution >= 0.6 is 0 Å². The minimum atomic E-state index is -6.22. The summed E-state index contributed by atoms with van der Waals surface area (Å²) < 4.78 is 157. The Labute approximate surface area is 367 Å². The second-order valence-electron chi connectivity index (χ2n) is 18.0. The van der Waals surface area contributed by atoms with Gasteiger partial charge in [-0.05, 0) is 74.0 Å². The zero-order chi connectivity index (χ0) is 39.7. The van der Waals surface area contributed by atoms with E-state index in [1.165, 1.54) is 0 Å². The molecule has 4 saturated carbocycles. The van der Waals surface area contributed by atoms with E-state index >= 15 is 0 Å². The minimum absolute atomic E-state index is 0. The van der Waals surface area contributed by atoms with Gasteiger partial charge in [-0.3, -0.25) is 42.5 Å². The second kappa shape index (κ2) is 16.9. The maximum Gasteiger partial charge on any atom is 2.00 e. The van der Waals surface area contributed by atoms with E-state index < -0.39 is 98.0 Å². The Balaban J connectivity index is 0.00000256. The fourth-order valence-electron chi connectivity index (χ4n) is 13.4. The van der Waals surface area contributed by atoms with Crippen LogP contribution in [0.15, 0.2) is 0 Å². The van der Waals surface area contributed by atoms with Crippen LogP contribution in [-0.2, 0) is 81.3 Å². The van der Waals surface area contributed by atoms with Gasteiger partial charge in [-0.1, -0.05) is 38.5 Å². The largest absolute Gasteiger partial charge is 2.00 e. The molecule has 5 saturated heterocycles. The van der Waals surface area contributed by atoms with Gasteiger partial charge in [0.1, 0.15) is 20.2 Å². The summed E-state index contributed by atoms with van der Waals surface area (Å²) in [4.78, 5) is 0. The van der Waals surface area contributed by atoms with Crippen LogP contribution in [0.2, 0.25) is 0 Å². The summed E-state index contributed by atoms with van der Waals surface area (Å²) in [6.45, 7) is 0. The fraction of sp³-hybridized carbons (Fsp3) is 1.00. The monoisotopic (exact) mass is 1080 g/mol. The van der Waals surface area contributed by atoms with Gasteiger partial charge in [-0.2, -0.15) is 0 Å². The molecule has 8 bridgehead atoms. The van der Waals surface area contributed by atoms with Gasteiger partial charge >= 0.3 is 40.8 Å². The quantitative estimate of drug-likeness (QED) is 0.101. The molecule has 20 nitrogen and oxygen atoms in total. The van der Waals surface area contributed by atoms with Crippen LogP contribution in [-0.4, -0.2) is 122 Å². The van der Waals surface area contributed by atoms with Crippen LogP contribution in [0.25, 0.3) is 0 Å². The van der Waals surface area contributed by atoms with Gasteiger partial charge in [0.2, 0.25) is 0 Å². The number of nitrogens with one attached hydrogen (secondary N) is 8. The molecule has 58 heavy (non-hydrogen) atoms. The standard InChI is InChI=1S/C32H56N8O12S4.2Pd/c41-53(42,43)21-19-20(22(54(44,45)46)24(56(50,51)52)23(21)55(47,48)49)32-39-30-18-12-6-4-10-16(18)28(37-30)35-26-14-8-2-1-7-13(14)25(33-26)34-27-15-9-3-5-11-17(15)29(36-27)38-31(19)40-32;;/h13-40H,1-12H2,(H,41,42,43)(H,44,45,46)(H,47,48,49)(H,50,51,52);;/q;2*+2/p-4. The molecule has 9 rings (SSSR count). The first-order valence-electron chi connectivity index (χ1n) is 20.2. The van der Waals surface area contributed by atoms with Crippen molar-refractivity contribution in [3.63, 3.8) is 0 Å². The molecule has 0 aromatic rings. The van der Waals surface area contributed by atoms with E-state index in [0.717, 1.165) is 77.0 Å². The number of hydrogen-bond acceptors (Lipinski definition) is 20. The van der Waals surface area contributed by atoms with Gasteiger partial charge < -0.3 is 18.2 Å². The van der Waals surface area contributed by atoms with Crippen molar-refractivity contribution >= 4 is 40.5 Å². The summed E-state index contributed by atoms with van der Waals surface area (Å²) >= 11 is 0. The van der Waals surface area contributed by atoms with E-state index in [0.29, 0.717) is 11.8 Å². The Kier molecular flexibility index (Phi) is 13.6. The summed E-state index contributed by atoms with van der Waals surface area (Å²) in [6, 6.07) is 0. The van der Waals surface area contributed by atoms with Gasteiger partial charge in [-0.15, -0.1) is 0 Å². The molecule has 0 aromatic carbocycles. The van der Waals surface area contributed by atoms with Crippen molar-refractivity contribution in [2.75, 3.05) is 0 Å². The van der Waals surface area contributed by atoms with Gasteiger partial charge in [0.05, 0.1) is 90.6 Å². The number of rotatable bonds is 4. The molecule has 8 N–H and O–H groups in total. The molecule has 0 amide bonds. The average Bonchev–Trinajstić information content (AvgIpc) is 3.84. The van der Waals surface area contributed by atoms with E-state index in [-0.39, 0.29) is 89.2 Å². The molecule has 0 aromatic heterocycles. The van der Waals surface area contributed by atoms with Crippen molar-refractivity contribution in [1.82, 2.24) is 42.5 Å². The van der Waals surface area contributed by atoms with Crippen LogP contribution in [0.3, 0.4) is 0 Å². The van der Waals surface area contributed by atoms with Crippen LogP contribution in [0.1, 0.15) is 77.0 Å². The molecule has 20 unspecified atom stereocenters. The second-order valence-corrected chi connectivity index (χ2v) is 24.1. The molecule has 5 aliphatic heterocycles. The minimum Gasteiger partial charge on any atom is -0.748 e. The van der Waals surface area contributed by atoms with E-state index in [1.807, 2.05) is 0 Å². The first kappa shape index (κ1) is 46.6. The van der Waals surface area contributed by atoms with Gasteiger partial charge in [0.25, 0.3) is 0 Å². The van der Waals surface area contributed by atoms with E-state index in [1.54, 1.807) is 0 Å². The smallest absolute Gasteiger partial charge is 0.748 e. The van der Waals surface area contributed by atoms with Crippen molar-refractivity contribution < 1.29 is 92.7 Å². The fourth-order valence-corrected chi connectivity index (χ4v) is 20.5. The van der Waals surface area contributed by atoms with Gasteiger partial charge in [-0.25, -0.2) is 33.7 Å². The predicted octanol–water partition coefficient (Wildman–Crippen LogP) is -3.30. The Morgan fingerprint density at radius 3 is 0.655 bits per heavy atom. The third kappa shape index (κ3) is 8.27. The first-order valence-corrected chi connectivity index (χ1v) is 26.1. The summed E-state index contributed by atoms with van der Waals surface area (Å²) in [5.41, 5.74) is 0. The Hall–Kier alpha value is 0.645. The molecule has 5 heterocycles. The van der Waals surface area contributed by atoms with Gasteiger partial charge in [0, 0.05) is 11.8 Å². The Bertz CT molecular complexity index is 1860. The molecular formula is C32H52N8O12Pd2S4. The summed E-state index contributed by atoms with van der Waals surface area (Å²) in [7, 11) is -24.4. The molecule has 26 heteroatoms. The van der Waals surface area contributed by atoms with E-state index in [4.69, 9.17) is 0 Å². The number of hydrogen-bond donors (Lipinski definition) is 8. The van der Waals surface area contributed by atoms with Crippen molar-refractivity contribution in [2.45, 2.75) is 147 Å². The maximum atomic E-state index is 13.3. The Morgan fingerprint density at radius 2 is 0.466 bits per heavy atom. The third-order valence-corrected chi connectivity index (χ3v) is 20.9. The normalized spacial score (nSPS) is 49.3. The van der Waals surface area contributed by atoms with Crippen molar-refractivity contribution in [3.05, 3.63) is 0 Å². The van der Waals surface area contributed by atoms with E-state index in [2.05, 4.69) is 42.5 Å². The molecule has 9 aliphatic rings. The SMILES string of the molecule is O=S(=O)([O-])C1C2C3NC4NC(NC5NC(NC6NC(NC(N3)C2C(S(=O)(=O)[O-])C(S(=O)(=O)[O-])C1S(=O)(=O)[O-])C1CCCCC61)C1CCCCC51)C1CCCCC41.[Pd+2].[Pd+2]. The van der Waals surface area contributed by atoms with Crippen LogP contribution < -0.4 is 42.5 Å². The van der Waals surface area contributed by atoms with Crippen molar-refractivity contribution in [2.24, 2.45) is 47.3 Å². The first-order chi connectivity index (χ1) is 26.3. The summed E-state index contributed by atoms with van der Waals surface area (Å²) in [5.74, 6) is -3.14. The van der Waals surface area contributed by atoms with Crippen LogP contribution in [0.4, 0.5) is 0 Å². The molecule has 20 atom stereocenters. The van der Waals surface area contributed by atoms with Crippen molar-refractivity contribution in [1.29, 1.82) is 0 Å². The zero-order valence-electron chi connectivity index (χ0n) is 31.2. The van der Waals surface area contributed by atoms with Gasteiger partial charge in [0.15, 0.2) is 0 Å². The molecular weight excluding hydrogens is 1030 g/mol. The van der Waals surface area contributed by atoms with Crippen LogP contribution in [0, 0.1) is 47.3 Å². The van der Waals surface area contributed by atoms with Crippen LogP contribution in [0.5, 0.6) is 0 Å². The molecule has 0 radical (unpaired) electrons. The molecule has 4 aliphatic carbocycles. The van der Waals surface area contributed by atoms with Crippen molar-refractivity contribution in [3.8, 4) is 0 Å². The predicted molar refractivity (Wildman–Crippen MR) is 193 cm³/mol. The molecule has 0 spiro atoms. The maximum absolute atomic E-state index is 13.3. The zero-order valence-corrected chi connectivity index (χ0v) is 37.6. The molecule has 9 fully saturated rings. The summed E-state index contributed by atoms with van der Waals surface area (Å²) in [5, 5.41) is 16.2. The average molecular weight is 1080 g/mol. The summed E-state index contributed by atoms with van der Waals surface area (Å²) in [6.07, 6.45) is 6.60. The van der Waals surface area contributed by atoms with E-state index in [9.17, 15) is 51.9 Å². The Morgan fingerprint density at radius 1 is 0.293 bits per heavy atom. The third-order valence-electron chi connectivity index (χ3n) is 15.3. The molecule has 336 valence electrons. The number of fused-ring (bicyclic) bond motifs is 20.